The van der Waals surface area contributed by atoms with Crippen LogP contribution >= 0.6 is 0 Å². The molecule has 0 saturated carbocycles. The van der Waals surface area contributed by atoms with Gasteiger partial charge in [0.2, 0.25) is 0 Å². The molecule has 0 saturated heterocycles. The molecule has 10 aromatic rings. The van der Waals surface area contributed by atoms with Crippen molar-refractivity contribution >= 4 is 86.2 Å². The second kappa shape index (κ2) is 7.22. The molecule has 1 heterocycles. The van der Waals surface area contributed by atoms with Gasteiger partial charge in [-0.2, -0.15) is 0 Å². The highest BCUT2D eigenvalue weighted by molar-refractivity contribution is 6.41. The Labute approximate surface area is 229 Å². The number of pyridine rings is 1. The van der Waals surface area contributed by atoms with Crippen molar-refractivity contribution in [2.75, 3.05) is 0 Å². The average Bonchev–Trinajstić information content (AvgIpc) is 3.51. The highest BCUT2D eigenvalue weighted by atomic mass is 14.6. The normalized spacial score (nSPS) is 12.5. The molecule has 1 aromatic heterocycles. The first kappa shape index (κ1) is 20.7. The van der Waals surface area contributed by atoms with Crippen molar-refractivity contribution in [3.8, 4) is 11.1 Å². The molecule has 40 heavy (non-hydrogen) atoms. The molecule has 0 aliphatic carbocycles. The van der Waals surface area contributed by atoms with Crippen LogP contribution in [0.1, 0.15) is 0 Å². The van der Waals surface area contributed by atoms with Crippen LogP contribution in [0.5, 0.6) is 0 Å². The lowest BCUT2D eigenvalue weighted by Gasteiger charge is -2.13. The van der Waals surface area contributed by atoms with Crippen LogP contribution in [0.15, 0.2) is 128 Å². The number of aromatic nitrogens is 1. The third kappa shape index (κ3) is 2.46. The van der Waals surface area contributed by atoms with Crippen LogP contribution in [0.2, 0.25) is 0 Å². The van der Waals surface area contributed by atoms with E-state index >= 15 is 0 Å². The standard InChI is InChI=1S/C39H21N/c1-2-9-24-22(8-1)20-40-21-37(24)23-16-33-27-12-5-6-13-28(27)36-18-31-30-15-7-14-29-25-10-3-4-11-26(25)35(38(29)30)19-32(31)34(17-23)39(33)36/h1-21H. The average molecular weight is 504 g/mol. The second-order valence-corrected chi connectivity index (χ2v) is 11.1. The van der Waals surface area contributed by atoms with Crippen LogP contribution in [-0.2, 0) is 0 Å². The number of benzene rings is 7. The number of rotatable bonds is 1. The fourth-order valence-electron chi connectivity index (χ4n) is 7.52. The molecule has 10 rings (SSSR count). The molecule has 0 atom stereocenters. The predicted octanol–water partition coefficient (Wildman–Crippen LogP) is 10.8. The van der Waals surface area contributed by atoms with E-state index in [9.17, 15) is 0 Å². The molecule has 182 valence electrons. The Balaban J connectivity index is 1.48. The summed E-state index contributed by atoms with van der Waals surface area (Å²) < 4.78 is 0. The van der Waals surface area contributed by atoms with Crippen LogP contribution in [0, 0.1) is 0 Å². The Morgan fingerprint density at radius 1 is 0.325 bits per heavy atom. The van der Waals surface area contributed by atoms with Gasteiger partial charge < -0.3 is 0 Å². The molecule has 0 radical (unpaired) electrons. The van der Waals surface area contributed by atoms with Gasteiger partial charge in [0.15, 0.2) is 0 Å². The van der Waals surface area contributed by atoms with Crippen molar-refractivity contribution in [3.63, 3.8) is 0 Å². The maximum atomic E-state index is 4.64. The van der Waals surface area contributed by atoms with Crippen molar-refractivity contribution in [1.29, 1.82) is 0 Å². The van der Waals surface area contributed by atoms with Crippen molar-refractivity contribution < 1.29 is 0 Å². The largest absolute Gasteiger partial charge is 0.263 e. The number of fused-ring (bicyclic) bond motifs is 10. The molecular formula is C39H21N. The van der Waals surface area contributed by atoms with E-state index in [0.29, 0.717) is 0 Å². The van der Waals surface area contributed by atoms with Gasteiger partial charge in [-0.25, -0.2) is 0 Å². The Morgan fingerprint density at radius 3 is 1.45 bits per heavy atom. The molecule has 0 fully saturated rings. The molecule has 1 nitrogen and oxygen atoms in total. The van der Waals surface area contributed by atoms with Crippen molar-refractivity contribution in [2.24, 2.45) is 0 Å². The Hall–Kier alpha value is -5.27. The minimum absolute atomic E-state index is 1.17. The van der Waals surface area contributed by atoms with Crippen LogP contribution in [-0.4, -0.2) is 4.98 Å². The first-order valence-electron chi connectivity index (χ1n) is 13.9. The molecule has 0 amide bonds. The highest BCUT2D eigenvalue weighted by Crippen LogP contribution is 2.48. The van der Waals surface area contributed by atoms with E-state index < -0.39 is 0 Å². The van der Waals surface area contributed by atoms with Gasteiger partial charge >= 0.3 is 0 Å². The monoisotopic (exact) mass is 503 g/mol. The SMILES string of the molecule is c1ccc2c(-c3cc4c5ccccc5c5cc6c(cc7c8ccccc8c8cccc6c87)c(c3)c45)cncc2c1. The zero-order valence-corrected chi connectivity index (χ0v) is 21.6. The quantitative estimate of drug-likeness (QED) is 0.203. The summed E-state index contributed by atoms with van der Waals surface area (Å²) in [4.78, 5) is 4.64. The van der Waals surface area contributed by atoms with Crippen molar-refractivity contribution in [3.05, 3.63) is 128 Å². The molecule has 0 unspecified atom stereocenters. The fourth-order valence-corrected chi connectivity index (χ4v) is 7.52. The summed E-state index contributed by atoms with van der Waals surface area (Å²) in [5, 5.41) is 21.1. The van der Waals surface area contributed by atoms with Gasteiger partial charge in [0, 0.05) is 23.3 Å². The summed E-state index contributed by atoms with van der Waals surface area (Å²) in [7, 11) is 0. The van der Waals surface area contributed by atoms with E-state index in [1.54, 1.807) is 0 Å². The number of hydrogen-bond donors (Lipinski definition) is 0. The van der Waals surface area contributed by atoms with Crippen LogP contribution < -0.4 is 0 Å². The van der Waals surface area contributed by atoms with Crippen LogP contribution in [0.25, 0.3) is 97.3 Å². The first-order chi connectivity index (χ1) is 19.8. The fraction of sp³-hybridized carbons (Fsp3) is 0. The molecule has 0 aliphatic heterocycles. The van der Waals surface area contributed by atoms with Crippen molar-refractivity contribution in [2.45, 2.75) is 0 Å². The summed E-state index contributed by atoms with van der Waals surface area (Å²) >= 11 is 0. The minimum Gasteiger partial charge on any atom is -0.263 e. The molecule has 0 bridgehead atoms. The maximum absolute atomic E-state index is 4.64. The summed E-state index contributed by atoms with van der Waals surface area (Å²) in [6.45, 7) is 0. The second-order valence-electron chi connectivity index (χ2n) is 11.1. The zero-order chi connectivity index (χ0) is 25.9. The topological polar surface area (TPSA) is 12.9 Å². The van der Waals surface area contributed by atoms with Crippen molar-refractivity contribution in [1.82, 2.24) is 4.98 Å². The van der Waals surface area contributed by atoms with E-state index in [-0.39, 0.29) is 0 Å². The first-order valence-corrected chi connectivity index (χ1v) is 13.9. The summed E-state index contributed by atoms with van der Waals surface area (Å²) in [6.07, 6.45) is 3.99. The van der Waals surface area contributed by atoms with Crippen LogP contribution in [0.4, 0.5) is 0 Å². The lowest BCUT2D eigenvalue weighted by Crippen LogP contribution is -1.86. The molecule has 0 N–H and O–H groups in total. The Bertz CT molecular complexity index is 2640. The molecule has 9 aromatic carbocycles. The molecule has 0 aliphatic rings. The smallest absolute Gasteiger partial charge is 0.0352 e. The lowest BCUT2D eigenvalue weighted by atomic mass is 9.90. The number of nitrogens with zero attached hydrogens (tertiary/aromatic N) is 1. The number of hydrogen-bond acceptors (Lipinski definition) is 1. The van der Waals surface area contributed by atoms with E-state index in [1.165, 1.54) is 97.3 Å². The Kier molecular flexibility index (Phi) is 3.73. The van der Waals surface area contributed by atoms with Gasteiger partial charge in [-0.1, -0.05) is 91.0 Å². The van der Waals surface area contributed by atoms with E-state index in [4.69, 9.17) is 0 Å². The van der Waals surface area contributed by atoms with Gasteiger partial charge in [0.05, 0.1) is 0 Å². The van der Waals surface area contributed by atoms with Gasteiger partial charge in [0.1, 0.15) is 0 Å². The van der Waals surface area contributed by atoms with E-state index in [2.05, 4.69) is 120 Å². The van der Waals surface area contributed by atoms with Gasteiger partial charge in [-0.05, 0) is 111 Å². The molecule has 0 spiro atoms. The van der Waals surface area contributed by atoms with Gasteiger partial charge in [-0.15, -0.1) is 0 Å². The third-order valence-electron chi connectivity index (χ3n) is 9.18. The maximum Gasteiger partial charge on any atom is 0.0352 e. The zero-order valence-electron chi connectivity index (χ0n) is 21.6. The van der Waals surface area contributed by atoms with E-state index in [0.717, 1.165) is 0 Å². The van der Waals surface area contributed by atoms with Crippen LogP contribution in [0.3, 0.4) is 0 Å². The summed E-state index contributed by atoms with van der Waals surface area (Å²) in [5.74, 6) is 0. The lowest BCUT2D eigenvalue weighted by molar-refractivity contribution is 1.36. The summed E-state index contributed by atoms with van der Waals surface area (Å²) in [5.41, 5.74) is 2.39. The highest BCUT2D eigenvalue weighted by Gasteiger charge is 2.20. The third-order valence-corrected chi connectivity index (χ3v) is 9.18. The molecular weight excluding hydrogens is 482 g/mol. The molecule has 1 heteroatoms. The Morgan fingerprint density at radius 2 is 0.775 bits per heavy atom. The van der Waals surface area contributed by atoms with E-state index in [1.807, 2.05) is 12.4 Å². The van der Waals surface area contributed by atoms with Gasteiger partial charge in [0.25, 0.3) is 0 Å². The van der Waals surface area contributed by atoms with Gasteiger partial charge in [-0.3, -0.25) is 4.98 Å². The predicted molar refractivity (Wildman–Crippen MR) is 172 cm³/mol. The summed E-state index contributed by atoms with van der Waals surface area (Å²) in [6, 6.07) is 42.9. The minimum atomic E-state index is 1.17.